The number of fused-ring (bicyclic) bond motifs is 1. The van der Waals surface area contributed by atoms with E-state index in [-0.39, 0.29) is 6.09 Å². The van der Waals surface area contributed by atoms with Gasteiger partial charge in [-0.05, 0) is 43.9 Å². The minimum Gasteiger partial charge on any atom is -0.444 e. The van der Waals surface area contributed by atoms with Gasteiger partial charge in [0.2, 0.25) is 0 Å². The summed E-state index contributed by atoms with van der Waals surface area (Å²) in [7, 11) is 0. The normalized spacial score (nSPS) is 15.1. The maximum absolute atomic E-state index is 12.1. The molecule has 4 heteroatoms. The van der Waals surface area contributed by atoms with E-state index in [0.717, 1.165) is 18.3 Å². The van der Waals surface area contributed by atoms with Crippen molar-refractivity contribution in [3.8, 4) is 0 Å². The van der Waals surface area contributed by atoms with Gasteiger partial charge in [0.25, 0.3) is 0 Å². The van der Waals surface area contributed by atoms with Gasteiger partial charge in [0.15, 0.2) is 0 Å². The zero-order valence-electron chi connectivity index (χ0n) is 11.7. The fraction of sp³-hybridized carbons (Fsp3) is 0.533. The number of carbonyl (C=O) groups is 1. The molecule has 0 saturated carbocycles. The molecule has 1 aromatic carbocycles. The predicted molar refractivity (Wildman–Crippen MR) is 79.4 cm³/mol. The Labute approximate surface area is 123 Å². The van der Waals surface area contributed by atoms with E-state index in [9.17, 15) is 4.79 Å². The molecule has 19 heavy (non-hydrogen) atoms. The molecule has 0 saturated heterocycles. The van der Waals surface area contributed by atoms with Gasteiger partial charge in [0, 0.05) is 18.4 Å². The molecule has 1 aliphatic rings. The van der Waals surface area contributed by atoms with Gasteiger partial charge in [-0.15, -0.1) is 0 Å². The van der Waals surface area contributed by atoms with Crippen LogP contribution in [0.25, 0.3) is 0 Å². The van der Waals surface area contributed by atoms with E-state index < -0.39 is 5.60 Å². The van der Waals surface area contributed by atoms with E-state index in [1.54, 1.807) is 4.90 Å². The molecule has 0 radical (unpaired) electrons. The van der Waals surface area contributed by atoms with Gasteiger partial charge >= 0.3 is 6.09 Å². The average molecular weight is 326 g/mol. The summed E-state index contributed by atoms with van der Waals surface area (Å²) in [6.07, 6.45) is 0.680. The zero-order chi connectivity index (χ0) is 14.0. The van der Waals surface area contributed by atoms with E-state index in [0.29, 0.717) is 6.54 Å². The minimum atomic E-state index is -0.435. The van der Waals surface area contributed by atoms with E-state index in [2.05, 4.69) is 34.1 Å². The van der Waals surface area contributed by atoms with E-state index in [1.165, 1.54) is 16.7 Å². The monoisotopic (exact) mass is 325 g/mol. The van der Waals surface area contributed by atoms with E-state index in [1.807, 2.05) is 20.8 Å². The SMILES string of the molecule is CC(C)(C)OC(=O)N1CCc2ccc(CBr)cc2C1. The van der Waals surface area contributed by atoms with Crippen molar-refractivity contribution in [1.82, 2.24) is 4.90 Å². The van der Waals surface area contributed by atoms with Crippen LogP contribution in [0.2, 0.25) is 0 Å². The first-order valence-electron chi connectivity index (χ1n) is 6.53. The Balaban J connectivity index is 2.10. The van der Waals surface area contributed by atoms with Crippen molar-refractivity contribution in [2.75, 3.05) is 6.54 Å². The number of alkyl halides is 1. The largest absolute Gasteiger partial charge is 0.444 e. The van der Waals surface area contributed by atoms with E-state index >= 15 is 0 Å². The molecule has 104 valence electrons. The first kappa shape index (κ1) is 14.4. The standard InChI is InChI=1S/C15H20BrNO2/c1-15(2,3)19-14(18)17-7-6-12-5-4-11(9-16)8-13(12)10-17/h4-5,8H,6-7,9-10H2,1-3H3. The molecule has 1 aliphatic heterocycles. The van der Waals surface area contributed by atoms with Crippen molar-refractivity contribution >= 4 is 22.0 Å². The molecule has 3 nitrogen and oxygen atoms in total. The fourth-order valence-corrected chi connectivity index (χ4v) is 2.52. The molecule has 0 spiro atoms. The second-order valence-electron chi connectivity index (χ2n) is 5.89. The number of benzene rings is 1. The smallest absolute Gasteiger partial charge is 0.410 e. The first-order chi connectivity index (χ1) is 8.89. The highest BCUT2D eigenvalue weighted by Crippen LogP contribution is 2.23. The van der Waals surface area contributed by atoms with Crippen LogP contribution in [-0.2, 0) is 23.0 Å². The highest BCUT2D eigenvalue weighted by atomic mass is 79.9. The molecule has 0 aliphatic carbocycles. The Kier molecular flexibility index (Phi) is 4.19. The summed E-state index contributed by atoms with van der Waals surface area (Å²) in [6, 6.07) is 6.47. The van der Waals surface area contributed by atoms with Crippen LogP contribution in [0.5, 0.6) is 0 Å². The lowest BCUT2D eigenvalue weighted by atomic mass is 9.98. The Morgan fingerprint density at radius 3 is 2.74 bits per heavy atom. The van der Waals surface area contributed by atoms with E-state index in [4.69, 9.17) is 4.74 Å². The molecule has 0 fully saturated rings. The van der Waals surface area contributed by atoms with Crippen LogP contribution < -0.4 is 0 Å². The Hall–Kier alpha value is -1.03. The lowest BCUT2D eigenvalue weighted by Crippen LogP contribution is -2.39. The molecular weight excluding hydrogens is 306 g/mol. The first-order valence-corrected chi connectivity index (χ1v) is 7.66. The van der Waals surface area contributed by atoms with Crippen LogP contribution in [0.3, 0.4) is 0 Å². The third-order valence-electron chi connectivity index (χ3n) is 3.09. The number of carbonyl (C=O) groups excluding carboxylic acids is 1. The summed E-state index contributed by atoms with van der Waals surface area (Å²) in [5.41, 5.74) is 3.37. The third-order valence-corrected chi connectivity index (χ3v) is 3.74. The van der Waals surface area contributed by atoms with Crippen LogP contribution in [0.15, 0.2) is 18.2 Å². The van der Waals surface area contributed by atoms with Crippen LogP contribution in [0.4, 0.5) is 4.79 Å². The van der Waals surface area contributed by atoms with Gasteiger partial charge < -0.3 is 9.64 Å². The van der Waals surface area contributed by atoms with Crippen LogP contribution in [-0.4, -0.2) is 23.1 Å². The summed E-state index contributed by atoms with van der Waals surface area (Å²) in [6.45, 7) is 7.06. The highest BCUT2D eigenvalue weighted by Gasteiger charge is 2.25. The molecule has 1 amide bonds. The number of halogens is 1. The molecule has 0 atom stereocenters. The van der Waals surface area contributed by atoms with Crippen molar-refractivity contribution in [3.63, 3.8) is 0 Å². The zero-order valence-corrected chi connectivity index (χ0v) is 13.3. The number of nitrogens with zero attached hydrogens (tertiary/aromatic N) is 1. The predicted octanol–water partition coefficient (Wildman–Crippen LogP) is 3.87. The maximum atomic E-state index is 12.1. The number of amides is 1. The van der Waals surface area contributed by atoms with Crippen LogP contribution in [0, 0.1) is 0 Å². The molecular formula is C15H20BrNO2. The molecule has 0 unspecified atom stereocenters. The Morgan fingerprint density at radius 1 is 1.37 bits per heavy atom. The Morgan fingerprint density at radius 2 is 2.11 bits per heavy atom. The fourth-order valence-electron chi connectivity index (χ4n) is 2.18. The summed E-state index contributed by atoms with van der Waals surface area (Å²) in [5.74, 6) is 0. The van der Waals surface area contributed by atoms with Gasteiger partial charge in [-0.3, -0.25) is 0 Å². The molecule has 2 rings (SSSR count). The average Bonchev–Trinajstić information content (AvgIpc) is 2.35. The van der Waals surface area contributed by atoms with Gasteiger partial charge in [0.1, 0.15) is 5.60 Å². The van der Waals surface area contributed by atoms with Gasteiger partial charge in [0.05, 0.1) is 0 Å². The third kappa shape index (κ3) is 3.72. The quantitative estimate of drug-likeness (QED) is 0.733. The molecule has 1 aromatic rings. The van der Waals surface area contributed by atoms with Crippen LogP contribution >= 0.6 is 15.9 Å². The lowest BCUT2D eigenvalue weighted by molar-refractivity contribution is 0.0224. The number of hydrogen-bond donors (Lipinski definition) is 0. The summed E-state index contributed by atoms with van der Waals surface area (Å²) in [5, 5.41) is 0.840. The van der Waals surface area contributed by atoms with Gasteiger partial charge in [-0.2, -0.15) is 0 Å². The second-order valence-corrected chi connectivity index (χ2v) is 6.45. The second kappa shape index (κ2) is 5.53. The highest BCUT2D eigenvalue weighted by molar-refractivity contribution is 9.08. The lowest BCUT2D eigenvalue weighted by Gasteiger charge is -2.31. The van der Waals surface area contributed by atoms with Gasteiger partial charge in [-0.1, -0.05) is 34.1 Å². The number of hydrogen-bond acceptors (Lipinski definition) is 2. The number of ether oxygens (including phenoxy) is 1. The minimum absolute atomic E-state index is 0.220. The van der Waals surface area contributed by atoms with Crippen molar-refractivity contribution < 1.29 is 9.53 Å². The van der Waals surface area contributed by atoms with Crippen LogP contribution in [0.1, 0.15) is 37.5 Å². The summed E-state index contributed by atoms with van der Waals surface area (Å²) >= 11 is 3.46. The van der Waals surface area contributed by atoms with Crippen molar-refractivity contribution in [3.05, 3.63) is 34.9 Å². The van der Waals surface area contributed by atoms with Crippen molar-refractivity contribution in [2.45, 2.75) is 44.7 Å². The van der Waals surface area contributed by atoms with Crippen molar-refractivity contribution in [2.24, 2.45) is 0 Å². The molecule has 1 heterocycles. The summed E-state index contributed by atoms with van der Waals surface area (Å²) in [4.78, 5) is 13.9. The van der Waals surface area contributed by atoms with Crippen molar-refractivity contribution in [1.29, 1.82) is 0 Å². The molecule has 0 aromatic heterocycles. The molecule has 0 N–H and O–H groups in total. The number of rotatable bonds is 1. The molecule has 0 bridgehead atoms. The summed E-state index contributed by atoms with van der Waals surface area (Å²) < 4.78 is 5.43. The van der Waals surface area contributed by atoms with Gasteiger partial charge in [-0.25, -0.2) is 4.79 Å². The topological polar surface area (TPSA) is 29.5 Å². The Bertz CT molecular complexity index is 480. The maximum Gasteiger partial charge on any atom is 0.410 e.